The van der Waals surface area contributed by atoms with E-state index in [0.29, 0.717) is 6.54 Å². The quantitative estimate of drug-likeness (QED) is 0.727. The van der Waals surface area contributed by atoms with Crippen LogP contribution >= 0.6 is 0 Å². The first-order chi connectivity index (χ1) is 9.88. The Hall–Kier alpha value is -2.10. The van der Waals surface area contributed by atoms with Crippen LogP contribution in [-0.4, -0.2) is 27.4 Å². The molecule has 0 N–H and O–H groups in total. The van der Waals surface area contributed by atoms with E-state index >= 15 is 0 Å². The van der Waals surface area contributed by atoms with Crippen molar-refractivity contribution >= 4 is 6.41 Å². The van der Waals surface area contributed by atoms with Gasteiger partial charge in [0.1, 0.15) is 0 Å². The molecule has 108 valence electrons. The van der Waals surface area contributed by atoms with Crippen molar-refractivity contribution in [2.45, 2.75) is 33.4 Å². The molecule has 0 aliphatic heterocycles. The standard InChI is InChI=1S/C14H17N3O.C2H6/c18-13-17(11-14-5-2-1-3-6-14)9-4-8-16-10-7-15-12-16;1-2/h1-3,5-7,10,12-13H,4,8-9,11H2;1-2H3. The molecular formula is C16H23N3O. The molecule has 2 rings (SSSR count). The van der Waals surface area contributed by atoms with Crippen LogP contribution in [0.5, 0.6) is 0 Å². The second-order valence-electron chi connectivity index (χ2n) is 4.22. The Labute approximate surface area is 121 Å². The van der Waals surface area contributed by atoms with Gasteiger partial charge in [0.2, 0.25) is 6.41 Å². The maximum Gasteiger partial charge on any atom is 0.210 e. The average molecular weight is 273 g/mol. The first-order valence-corrected chi connectivity index (χ1v) is 7.07. The second-order valence-corrected chi connectivity index (χ2v) is 4.22. The summed E-state index contributed by atoms with van der Waals surface area (Å²) >= 11 is 0. The number of carbonyl (C=O) groups excluding carboxylic acids is 1. The lowest BCUT2D eigenvalue weighted by atomic mass is 10.2. The lowest BCUT2D eigenvalue weighted by Gasteiger charge is -2.17. The number of rotatable bonds is 7. The summed E-state index contributed by atoms with van der Waals surface area (Å²) in [5, 5.41) is 0. The highest BCUT2D eigenvalue weighted by molar-refractivity contribution is 5.47. The summed E-state index contributed by atoms with van der Waals surface area (Å²) in [7, 11) is 0. The van der Waals surface area contributed by atoms with Crippen LogP contribution in [0.4, 0.5) is 0 Å². The van der Waals surface area contributed by atoms with Crippen molar-refractivity contribution in [3.8, 4) is 0 Å². The molecule has 0 bridgehead atoms. The summed E-state index contributed by atoms with van der Waals surface area (Å²) in [6.45, 7) is 6.32. The van der Waals surface area contributed by atoms with E-state index < -0.39 is 0 Å². The van der Waals surface area contributed by atoms with E-state index in [1.54, 1.807) is 17.4 Å². The monoisotopic (exact) mass is 273 g/mol. The van der Waals surface area contributed by atoms with Gasteiger partial charge in [0, 0.05) is 32.0 Å². The highest BCUT2D eigenvalue weighted by Crippen LogP contribution is 2.03. The smallest absolute Gasteiger partial charge is 0.210 e. The summed E-state index contributed by atoms with van der Waals surface area (Å²) < 4.78 is 2.02. The molecule has 1 aromatic heterocycles. The van der Waals surface area contributed by atoms with Crippen LogP contribution in [0.25, 0.3) is 0 Å². The first-order valence-electron chi connectivity index (χ1n) is 7.07. The molecule has 4 heteroatoms. The molecule has 0 fully saturated rings. The molecule has 0 spiro atoms. The van der Waals surface area contributed by atoms with Gasteiger partial charge in [-0.2, -0.15) is 0 Å². The van der Waals surface area contributed by atoms with Crippen LogP contribution in [0.15, 0.2) is 49.1 Å². The third-order valence-corrected chi connectivity index (χ3v) is 2.80. The van der Waals surface area contributed by atoms with Crippen molar-refractivity contribution in [2.24, 2.45) is 0 Å². The fourth-order valence-corrected chi connectivity index (χ4v) is 1.86. The lowest BCUT2D eigenvalue weighted by Crippen LogP contribution is -2.23. The summed E-state index contributed by atoms with van der Waals surface area (Å²) in [6.07, 6.45) is 7.34. The maximum atomic E-state index is 11.0. The normalized spacial score (nSPS) is 9.50. The number of hydrogen-bond donors (Lipinski definition) is 0. The van der Waals surface area contributed by atoms with Crippen molar-refractivity contribution in [1.82, 2.24) is 14.5 Å². The van der Waals surface area contributed by atoms with Crippen molar-refractivity contribution in [2.75, 3.05) is 6.54 Å². The Morgan fingerprint density at radius 3 is 2.60 bits per heavy atom. The molecular weight excluding hydrogens is 250 g/mol. The number of benzene rings is 1. The Bertz CT molecular complexity index is 454. The second kappa shape index (κ2) is 9.78. The van der Waals surface area contributed by atoms with Crippen LogP contribution in [0.3, 0.4) is 0 Å². The maximum absolute atomic E-state index is 11.0. The Morgan fingerprint density at radius 2 is 2.00 bits per heavy atom. The number of imidazole rings is 1. The van der Waals surface area contributed by atoms with Crippen molar-refractivity contribution in [1.29, 1.82) is 0 Å². The van der Waals surface area contributed by atoms with E-state index in [4.69, 9.17) is 0 Å². The summed E-state index contributed by atoms with van der Waals surface area (Å²) in [6, 6.07) is 10.0. The molecule has 0 unspecified atom stereocenters. The minimum atomic E-state index is 0.675. The fourth-order valence-electron chi connectivity index (χ4n) is 1.86. The molecule has 0 radical (unpaired) electrons. The van der Waals surface area contributed by atoms with E-state index in [-0.39, 0.29) is 0 Å². The van der Waals surface area contributed by atoms with Crippen molar-refractivity contribution < 1.29 is 4.79 Å². The molecule has 0 atom stereocenters. The molecule has 4 nitrogen and oxygen atoms in total. The van der Waals surface area contributed by atoms with Gasteiger partial charge in [0.25, 0.3) is 0 Å². The zero-order valence-electron chi connectivity index (χ0n) is 12.3. The molecule has 1 aromatic carbocycles. The summed E-state index contributed by atoms with van der Waals surface area (Å²) in [4.78, 5) is 16.8. The lowest BCUT2D eigenvalue weighted by molar-refractivity contribution is -0.118. The van der Waals surface area contributed by atoms with Crippen LogP contribution in [-0.2, 0) is 17.9 Å². The number of aryl methyl sites for hydroxylation is 1. The molecule has 2 aromatic rings. The van der Waals surface area contributed by atoms with Gasteiger partial charge in [0.05, 0.1) is 6.33 Å². The third-order valence-electron chi connectivity index (χ3n) is 2.80. The van der Waals surface area contributed by atoms with E-state index in [1.807, 2.05) is 54.9 Å². The molecule has 20 heavy (non-hydrogen) atoms. The van der Waals surface area contributed by atoms with E-state index in [2.05, 4.69) is 4.98 Å². The van der Waals surface area contributed by atoms with E-state index in [1.165, 1.54) is 0 Å². The predicted molar refractivity (Wildman–Crippen MR) is 81.1 cm³/mol. The van der Waals surface area contributed by atoms with Crippen LogP contribution in [0, 0.1) is 0 Å². The van der Waals surface area contributed by atoms with Gasteiger partial charge in [0.15, 0.2) is 0 Å². The van der Waals surface area contributed by atoms with Crippen LogP contribution in [0.1, 0.15) is 25.8 Å². The number of amides is 1. The van der Waals surface area contributed by atoms with Gasteiger partial charge in [-0.15, -0.1) is 0 Å². The van der Waals surface area contributed by atoms with Crippen LogP contribution < -0.4 is 0 Å². The number of hydrogen-bond acceptors (Lipinski definition) is 2. The first kappa shape index (κ1) is 16.0. The SMILES string of the molecule is CC.O=CN(CCCn1ccnc1)Cc1ccccc1. The zero-order valence-corrected chi connectivity index (χ0v) is 12.3. The molecule has 1 heterocycles. The number of nitrogens with zero attached hydrogens (tertiary/aromatic N) is 3. The Balaban J connectivity index is 0.000000956. The molecule has 0 saturated heterocycles. The fraction of sp³-hybridized carbons (Fsp3) is 0.375. The average Bonchev–Trinajstić information content (AvgIpc) is 3.02. The number of aromatic nitrogens is 2. The van der Waals surface area contributed by atoms with E-state index in [0.717, 1.165) is 31.5 Å². The Morgan fingerprint density at radius 1 is 1.25 bits per heavy atom. The highest BCUT2D eigenvalue weighted by Gasteiger charge is 2.02. The minimum Gasteiger partial charge on any atom is -0.341 e. The molecule has 0 saturated carbocycles. The molecule has 0 aliphatic rings. The van der Waals surface area contributed by atoms with Crippen LogP contribution in [0.2, 0.25) is 0 Å². The summed E-state index contributed by atoms with van der Waals surface area (Å²) in [5.74, 6) is 0. The third kappa shape index (κ3) is 5.69. The van der Waals surface area contributed by atoms with Gasteiger partial charge in [-0.1, -0.05) is 44.2 Å². The van der Waals surface area contributed by atoms with Gasteiger partial charge in [-0.3, -0.25) is 4.79 Å². The van der Waals surface area contributed by atoms with Gasteiger partial charge < -0.3 is 9.47 Å². The van der Waals surface area contributed by atoms with Gasteiger partial charge in [-0.25, -0.2) is 4.98 Å². The van der Waals surface area contributed by atoms with Gasteiger partial charge in [-0.05, 0) is 12.0 Å². The minimum absolute atomic E-state index is 0.675. The zero-order chi connectivity index (χ0) is 14.6. The van der Waals surface area contributed by atoms with E-state index in [9.17, 15) is 4.79 Å². The predicted octanol–water partition coefficient (Wildman–Crippen LogP) is 2.96. The Kier molecular flexibility index (Phi) is 7.80. The summed E-state index contributed by atoms with van der Waals surface area (Å²) in [5.41, 5.74) is 1.16. The number of carbonyl (C=O) groups is 1. The largest absolute Gasteiger partial charge is 0.341 e. The molecule has 1 amide bonds. The molecule has 0 aliphatic carbocycles. The topological polar surface area (TPSA) is 38.1 Å². The van der Waals surface area contributed by atoms with Crippen molar-refractivity contribution in [3.63, 3.8) is 0 Å². The highest BCUT2D eigenvalue weighted by atomic mass is 16.1. The van der Waals surface area contributed by atoms with Crippen molar-refractivity contribution in [3.05, 3.63) is 54.6 Å². The van der Waals surface area contributed by atoms with Gasteiger partial charge >= 0.3 is 0 Å².